The molecule has 3 N–H and O–H groups in total. The van der Waals surface area contributed by atoms with Gasteiger partial charge in [0.1, 0.15) is 0 Å². The molecule has 0 bridgehead atoms. The minimum absolute atomic E-state index is 0.00723. The molecule has 1 rings (SSSR count). The molecule has 1 saturated heterocycles. The minimum Gasteiger partial charge on any atom is -0.383 e. The number of hydrogen-bond donors (Lipinski definition) is 3. The SMILES string of the molecule is COCCNC(=O)CCNC(=O)C1CCCN1. The molecule has 98 valence electrons. The summed E-state index contributed by atoms with van der Waals surface area (Å²) < 4.78 is 4.81. The Kier molecular flexibility index (Phi) is 6.57. The molecule has 1 aliphatic rings. The van der Waals surface area contributed by atoms with Crippen LogP contribution < -0.4 is 16.0 Å². The fraction of sp³-hybridized carbons (Fsp3) is 0.818. The van der Waals surface area contributed by atoms with E-state index in [1.54, 1.807) is 7.11 Å². The summed E-state index contributed by atoms with van der Waals surface area (Å²) >= 11 is 0. The first-order valence-corrected chi connectivity index (χ1v) is 6.00. The maximum atomic E-state index is 11.6. The van der Waals surface area contributed by atoms with E-state index in [-0.39, 0.29) is 17.9 Å². The number of nitrogens with one attached hydrogen (secondary N) is 3. The molecule has 1 heterocycles. The lowest BCUT2D eigenvalue weighted by atomic mass is 10.2. The molecule has 0 aromatic rings. The quantitative estimate of drug-likeness (QED) is 0.502. The number of ether oxygens (including phenoxy) is 1. The molecule has 1 aliphatic heterocycles. The predicted octanol–water partition coefficient (Wildman–Crippen LogP) is -0.993. The van der Waals surface area contributed by atoms with Crippen LogP contribution in [0.5, 0.6) is 0 Å². The highest BCUT2D eigenvalue weighted by molar-refractivity contribution is 5.83. The lowest BCUT2D eigenvalue weighted by Crippen LogP contribution is -2.41. The zero-order valence-corrected chi connectivity index (χ0v) is 10.3. The van der Waals surface area contributed by atoms with Crippen LogP contribution in [0, 0.1) is 0 Å². The van der Waals surface area contributed by atoms with Crippen molar-refractivity contribution >= 4 is 11.8 Å². The molecule has 17 heavy (non-hydrogen) atoms. The summed E-state index contributed by atoms with van der Waals surface area (Å²) in [6.07, 6.45) is 2.23. The van der Waals surface area contributed by atoms with Crippen LogP contribution in [0.25, 0.3) is 0 Å². The summed E-state index contributed by atoms with van der Waals surface area (Å²) in [6.45, 7) is 2.29. The maximum Gasteiger partial charge on any atom is 0.237 e. The molecule has 0 aromatic carbocycles. The van der Waals surface area contributed by atoms with Crippen LogP contribution in [0.1, 0.15) is 19.3 Å². The number of carbonyl (C=O) groups excluding carboxylic acids is 2. The number of amides is 2. The van der Waals surface area contributed by atoms with Gasteiger partial charge in [-0.05, 0) is 19.4 Å². The normalized spacial score (nSPS) is 19.0. The summed E-state index contributed by atoms with van der Waals surface area (Å²) in [5.74, 6) is -0.0751. The van der Waals surface area contributed by atoms with Gasteiger partial charge in [0.2, 0.25) is 11.8 Å². The lowest BCUT2D eigenvalue weighted by molar-refractivity contribution is -0.123. The average Bonchev–Trinajstić information content (AvgIpc) is 2.82. The van der Waals surface area contributed by atoms with Gasteiger partial charge < -0.3 is 20.7 Å². The third-order valence-corrected chi connectivity index (χ3v) is 2.66. The summed E-state index contributed by atoms with van der Waals surface area (Å²) in [5, 5.41) is 8.56. The number of carbonyl (C=O) groups is 2. The molecule has 6 heteroatoms. The molecule has 0 spiro atoms. The fourth-order valence-electron chi connectivity index (χ4n) is 1.71. The van der Waals surface area contributed by atoms with Gasteiger partial charge in [0.15, 0.2) is 0 Å². The van der Waals surface area contributed by atoms with Crippen molar-refractivity contribution in [3.05, 3.63) is 0 Å². The van der Waals surface area contributed by atoms with Crippen LogP contribution in [-0.2, 0) is 14.3 Å². The number of rotatable bonds is 7. The van der Waals surface area contributed by atoms with Crippen LogP contribution in [0.3, 0.4) is 0 Å². The molecule has 0 saturated carbocycles. The van der Waals surface area contributed by atoms with Gasteiger partial charge in [0, 0.05) is 26.6 Å². The standard InChI is InChI=1S/C11H21N3O3/c1-17-8-7-13-10(15)4-6-14-11(16)9-3-2-5-12-9/h9,12H,2-8H2,1H3,(H,13,15)(H,14,16). The van der Waals surface area contributed by atoms with Gasteiger partial charge in [-0.15, -0.1) is 0 Å². The van der Waals surface area contributed by atoms with Crippen molar-refractivity contribution in [1.29, 1.82) is 0 Å². The Bertz CT molecular complexity index is 252. The Morgan fingerprint density at radius 2 is 2.18 bits per heavy atom. The van der Waals surface area contributed by atoms with Crippen molar-refractivity contribution in [2.75, 3.05) is 33.4 Å². The van der Waals surface area contributed by atoms with Crippen LogP contribution >= 0.6 is 0 Å². The molecule has 0 aromatic heterocycles. The van der Waals surface area contributed by atoms with Crippen molar-refractivity contribution in [3.63, 3.8) is 0 Å². The minimum atomic E-state index is -0.0773. The second-order valence-electron chi connectivity index (χ2n) is 4.03. The van der Waals surface area contributed by atoms with Crippen molar-refractivity contribution < 1.29 is 14.3 Å². The first-order chi connectivity index (χ1) is 8.24. The van der Waals surface area contributed by atoms with E-state index in [4.69, 9.17) is 4.74 Å². The third-order valence-electron chi connectivity index (χ3n) is 2.66. The Labute approximate surface area is 101 Å². The van der Waals surface area contributed by atoms with Crippen LogP contribution in [0.15, 0.2) is 0 Å². The van der Waals surface area contributed by atoms with Gasteiger partial charge in [-0.3, -0.25) is 9.59 Å². The average molecular weight is 243 g/mol. The van der Waals surface area contributed by atoms with E-state index in [0.29, 0.717) is 26.1 Å². The molecule has 1 unspecified atom stereocenters. The Balaban J connectivity index is 2.02. The van der Waals surface area contributed by atoms with E-state index in [1.807, 2.05) is 0 Å². The summed E-state index contributed by atoms with van der Waals surface area (Å²) in [7, 11) is 1.58. The largest absolute Gasteiger partial charge is 0.383 e. The second kappa shape index (κ2) is 8.03. The Morgan fingerprint density at radius 3 is 2.82 bits per heavy atom. The highest BCUT2D eigenvalue weighted by atomic mass is 16.5. The van der Waals surface area contributed by atoms with Crippen molar-refractivity contribution in [1.82, 2.24) is 16.0 Å². The van der Waals surface area contributed by atoms with Gasteiger partial charge in [-0.25, -0.2) is 0 Å². The fourth-order valence-corrected chi connectivity index (χ4v) is 1.71. The topological polar surface area (TPSA) is 79.5 Å². The van der Waals surface area contributed by atoms with Crippen molar-refractivity contribution in [2.24, 2.45) is 0 Å². The summed E-state index contributed by atoms with van der Waals surface area (Å²) in [4.78, 5) is 22.8. The van der Waals surface area contributed by atoms with Gasteiger partial charge in [0.05, 0.1) is 12.6 Å². The van der Waals surface area contributed by atoms with Gasteiger partial charge >= 0.3 is 0 Å². The number of hydrogen-bond acceptors (Lipinski definition) is 4. The predicted molar refractivity (Wildman–Crippen MR) is 63.5 cm³/mol. The van der Waals surface area contributed by atoms with Crippen molar-refractivity contribution in [2.45, 2.75) is 25.3 Å². The van der Waals surface area contributed by atoms with Crippen LogP contribution in [-0.4, -0.2) is 51.2 Å². The monoisotopic (exact) mass is 243 g/mol. The van der Waals surface area contributed by atoms with Gasteiger partial charge in [-0.2, -0.15) is 0 Å². The van der Waals surface area contributed by atoms with Crippen molar-refractivity contribution in [3.8, 4) is 0 Å². The van der Waals surface area contributed by atoms with E-state index in [2.05, 4.69) is 16.0 Å². The van der Waals surface area contributed by atoms with Crippen LogP contribution in [0.4, 0.5) is 0 Å². The molecule has 1 fully saturated rings. The van der Waals surface area contributed by atoms with Gasteiger partial charge in [0.25, 0.3) is 0 Å². The smallest absolute Gasteiger partial charge is 0.237 e. The molecule has 1 atom stereocenters. The van der Waals surface area contributed by atoms with E-state index in [0.717, 1.165) is 19.4 Å². The first-order valence-electron chi connectivity index (χ1n) is 6.00. The molecular weight excluding hydrogens is 222 g/mol. The summed E-state index contributed by atoms with van der Waals surface area (Å²) in [5.41, 5.74) is 0. The summed E-state index contributed by atoms with van der Waals surface area (Å²) in [6, 6.07) is -0.0773. The van der Waals surface area contributed by atoms with Crippen LogP contribution in [0.2, 0.25) is 0 Å². The zero-order valence-electron chi connectivity index (χ0n) is 10.3. The lowest BCUT2D eigenvalue weighted by Gasteiger charge is -2.10. The van der Waals surface area contributed by atoms with E-state index in [1.165, 1.54) is 0 Å². The molecule has 0 aliphatic carbocycles. The second-order valence-corrected chi connectivity index (χ2v) is 4.03. The van der Waals surface area contributed by atoms with E-state index in [9.17, 15) is 9.59 Å². The Hall–Kier alpha value is -1.14. The van der Waals surface area contributed by atoms with E-state index < -0.39 is 0 Å². The number of methoxy groups -OCH3 is 1. The zero-order chi connectivity index (χ0) is 12.5. The maximum absolute atomic E-state index is 11.6. The molecular formula is C11H21N3O3. The highest BCUT2D eigenvalue weighted by Gasteiger charge is 2.21. The van der Waals surface area contributed by atoms with Gasteiger partial charge in [-0.1, -0.05) is 0 Å². The van der Waals surface area contributed by atoms with E-state index >= 15 is 0 Å². The highest BCUT2D eigenvalue weighted by Crippen LogP contribution is 2.04. The Morgan fingerprint density at radius 1 is 1.35 bits per heavy atom. The molecule has 0 radical (unpaired) electrons. The molecule has 2 amide bonds. The molecule has 6 nitrogen and oxygen atoms in total. The first kappa shape index (κ1) is 13.9. The third kappa shape index (κ3) is 5.65.